The van der Waals surface area contributed by atoms with Gasteiger partial charge in [-0.05, 0) is 44.6 Å². The zero-order valence-corrected chi connectivity index (χ0v) is 14.0. The van der Waals surface area contributed by atoms with Crippen LogP contribution in [0.2, 0.25) is 0 Å². The first kappa shape index (κ1) is 15.1. The topological polar surface area (TPSA) is 38.8 Å². The quantitative estimate of drug-likeness (QED) is 0.512. The molecule has 0 bridgehead atoms. The van der Waals surface area contributed by atoms with Crippen LogP contribution in [0.25, 0.3) is 22.3 Å². The zero-order valence-electron chi connectivity index (χ0n) is 13.1. The van der Waals surface area contributed by atoms with Crippen LogP contribution in [-0.2, 0) is 14.3 Å². The Kier molecular flexibility index (Phi) is 3.92. The number of rotatable bonds is 4. The zero-order chi connectivity index (χ0) is 16.5. The van der Waals surface area contributed by atoms with Crippen LogP contribution >= 0.6 is 11.3 Å². The minimum atomic E-state index is -0.516. The van der Waals surface area contributed by atoms with E-state index in [9.17, 15) is 4.79 Å². The van der Waals surface area contributed by atoms with Gasteiger partial charge in [-0.25, -0.2) is 4.79 Å². The van der Waals surface area contributed by atoms with E-state index in [1.807, 2.05) is 24.3 Å². The summed E-state index contributed by atoms with van der Waals surface area (Å²) in [5, 5.41) is 4.17. The average Bonchev–Trinajstić information content (AvgIpc) is 3.24. The molecule has 2 heterocycles. The first-order valence-corrected chi connectivity index (χ1v) is 8.68. The second-order valence-corrected chi connectivity index (χ2v) is 6.43. The van der Waals surface area contributed by atoms with E-state index in [2.05, 4.69) is 41.1 Å². The summed E-state index contributed by atoms with van der Waals surface area (Å²) in [4.78, 5) is 11.9. The van der Waals surface area contributed by atoms with Crippen molar-refractivity contribution in [2.75, 3.05) is 7.11 Å². The van der Waals surface area contributed by atoms with Gasteiger partial charge < -0.3 is 9.47 Å². The molecular formula is C20H16O3S. The summed E-state index contributed by atoms with van der Waals surface area (Å²) in [6.07, 6.45) is -0.777. The number of thiophene rings is 1. The molecule has 0 N–H and O–H groups in total. The third-order valence-corrected chi connectivity index (χ3v) is 4.92. The largest absolute Gasteiger partial charge is 0.467 e. The molecule has 4 heteroatoms. The average molecular weight is 336 g/mol. The molecular weight excluding hydrogens is 320 g/mol. The molecule has 1 saturated heterocycles. The summed E-state index contributed by atoms with van der Waals surface area (Å²) in [6.45, 7) is 0. The van der Waals surface area contributed by atoms with Crippen molar-refractivity contribution in [1.82, 2.24) is 0 Å². The molecule has 0 saturated carbocycles. The van der Waals surface area contributed by atoms with Crippen molar-refractivity contribution < 1.29 is 14.3 Å². The highest BCUT2D eigenvalue weighted by Gasteiger charge is 2.49. The van der Waals surface area contributed by atoms with Gasteiger partial charge in [0.1, 0.15) is 6.10 Å². The number of ether oxygens (including phenoxy) is 2. The van der Waals surface area contributed by atoms with Gasteiger partial charge in [0.05, 0.1) is 7.11 Å². The van der Waals surface area contributed by atoms with Gasteiger partial charge in [-0.15, -0.1) is 0 Å². The number of carbonyl (C=O) groups is 1. The molecule has 1 aromatic heterocycles. The third kappa shape index (κ3) is 2.64. The first-order chi connectivity index (χ1) is 11.8. The van der Waals surface area contributed by atoms with Gasteiger partial charge in [0.15, 0.2) is 6.10 Å². The van der Waals surface area contributed by atoms with E-state index >= 15 is 0 Å². The molecule has 0 amide bonds. The lowest BCUT2D eigenvalue weighted by Gasteiger charge is -2.13. The van der Waals surface area contributed by atoms with Crippen LogP contribution in [-0.4, -0.2) is 19.2 Å². The fraction of sp³-hybridized carbons (Fsp3) is 0.150. The van der Waals surface area contributed by atoms with Crippen LogP contribution in [0, 0.1) is 0 Å². The highest BCUT2D eigenvalue weighted by molar-refractivity contribution is 7.08. The van der Waals surface area contributed by atoms with E-state index in [1.54, 1.807) is 11.3 Å². The fourth-order valence-electron chi connectivity index (χ4n) is 3.04. The van der Waals surface area contributed by atoms with Crippen molar-refractivity contribution in [1.29, 1.82) is 0 Å². The van der Waals surface area contributed by atoms with E-state index in [-0.39, 0.29) is 12.1 Å². The predicted molar refractivity (Wildman–Crippen MR) is 94.8 cm³/mol. The Hall–Kier alpha value is -2.43. The molecule has 1 aliphatic rings. The maximum atomic E-state index is 11.9. The van der Waals surface area contributed by atoms with E-state index in [0.29, 0.717) is 0 Å². The van der Waals surface area contributed by atoms with Crippen molar-refractivity contribution >= 4 is 17.3 Å². The normalized spacial score (nSPS) is 19.0. The lowest BCUT2D eigenvalue weighted by Crippen LogP contribution is -2.09. The number of methoxy groups -OCH3 is 1. The van der Waals surface area contributed by atoms with Crippen LogP contribution in [0.3, 0.4) is 0 Å². The van der Waals surface area contributed by atoms with Gasteiger partial charge in [0.25, 0.3) is 0 Å². The van der Waals surface area contributed by atoms with Crippen LogP contribution < -0.4 is 0 Å². The highest BCUT2D eigenvalue weighted by Crippen LogP contribution is 2.48. The van der Waals surface area contributed by atoms with E-state index < -0.39 is 6.10 Å². The van der Waals surface area contributed by atoms with E-state index in [0.717, 1.165) is 27.8 Å². The summed E-state index contributed by atoms with van der Waals surface area (Å²) >= 11 is 1.66. The Morgan fingerprint density at radius 3 is 2.42 bits per heavy atom. The molecule has 2 atom stereocenters. The molecule has 2 aromatic carbocycles. The Morgan fingerprint density at radius 1 is 1.00 bits per heavy atom. The Bertz CT molecular complexity index is 856. The molecule has 0 spiro atoms. The van der Waals surface area contributed by atoms with Crippen LogP contribution in [0.4, 0.5) is 0 Å². The second kappa shape index (κ2) is 6.23. The fourth-order valence-corrected chi connectivity index (χ4v) is 3.69. The number of carbonyl (C=O) groups excluding carboxylic acids is 1. The standard InChI is InChI=1S/C20H16O3S/c1-22-20(21)19-18(23-19)17-15(13-6-3-2-4-7-13)8-5-9-16(17)14-10-11-24-12-14/h2-12,18-19H,1H3/t18-,19+/m0/s1. The summed E-state index contributed by atoms with van der Waals surface area (Å²) in [5.74, 6) is -0.320. The van der Waals surface area contributed by atoms with Gasteiger partial charge >= 0.3 is 5.97 Å². The number of hydrogen-bond acceptors (Lipinski definition) is 4. The molecule has 3 aromatic rings. The molecule has 24 heavy (non-hydrogen) atoms. The Morgan fingerprint density at radius 2 is 1.75 bits per heavy atom. The lowest BCUT2D eigenvalue weighted by molar-refractivity contribution is -0.142. The van der Waals surface area contributed by atoms with Crippen molar-refractivity contribution in [2.24, 2.45) is 0 Å². The minimum absolute atomic E-state index is 0.260. The molecule has 0 unspecified atom stereocenters. The minimum Gasteiger partial charge on any atom is -0.467 e. The molecule has 3 nitrogen and oxygen atoms in total. The number of esters is 1. The lowest BCUT2D eigenvalue weighted by atomic mass is 9.90. The maximum absolute atomic E-state index is 11.9. The Labute approximate surface area is 144 Å². The van der Waals surface area contributed by atoms with E-state index in [1.165, 1.54) is 7.11 Å². The van der Waals surface area contributed by atoms with Crippen molar-refractivity contribution in [3.8, 4) is 22.3 Å². The van der Waals surface area contributed by atoms with Gasteiger partial charge in [-0.1, -0.05) is 48.5 Å². The second-order valence-electron chi connectivity index (χ2n) is 5.65. The predicted octanol–water partition coefficient (Wildman–Crippen LogP) is 4.70. The molecule has 0 aliphatic carbocycles. The third-order valence-electron chi connectivity index (χ3n) is 4.23. The van der Waals surface area contributed by atoms with Gasteiger partial charge in [0, 0.05) is 0 Å². The summed E-state index contributed by atoms with van der Waals surface area (Å²) in [7, 11) is 1.39. The van der Waals surface area contributed by atoms with Gasteiger partial charge in [-0.3, -0.25) is 0 Å². The highest BCUT2D eigenvalue weighted by atomic mass is 32.1. The van der Waals surface area contributed by atoms with Crippen LogP contribution in [0.15, 0.2) is 65.4 Å². The van der Waals surface area contributed by atoms with Crippen molar-refractivity contribution in [3.05, 3.63) is 70.9 Å². The molecule has 1 fully saturated rings. The van der Waals surface area contributed by atoms with Crippen LogP contribution in [0.1, 0.15) is 11.7 Å². The van der Waals surface area contributed by atoms with Crippen LogP contribution in [0.5, 0.6) is 0 Å². The summed E-state index contributed by atoms with van der Waals surface area (Å²) in [5.41, 5.74) is 5.51. The van der Waals surface area contributed by atoms with Gasteiger partial charge in [0.2, 0.25) is 0 Å². The summed E-state index contributed by atoms with van der Waals surface area (Å²) < 4.78 is 10.5. The van der Waals surface area contributed by atoms with Crippen molar-refractivity contribution in [3.63, 3.8) is 0 Å². The van der Waals surface area contributed by atoms with Crippen molar-refractivity contribution in [2.45, 2.75) is 12.2 Å². The molecule has 4 rings (SSSR count). The monoisotopic (exact) mass is 336 g/mol. The molecule has 0 radical (unpaired) electrons. The van der Waals surface area contributed by atoms with E-state index in [4.69, 9.17) is 9.47 Å². The molecule has 120 valence electrons. The molecule has 1 aliphatic heterocycles. The van der Waals surface area contributed by atoms with Gasteiger partial charge in [-0.2, -0.15) is 11.3 Å². The Balaban J connectivity index is 1.86. The number of epoxide rings is 1. The number of hydrogen-bond donors (Lipinski definition) is 0. The number of benzene rings is 2. The smallest absolute Gasteiger partial charge is 0.338 e. The maximum Gasteiger partial charge on any atom is 0.338 e. The summed E-state index contributed by atoms with van der Waals surface area (Å²) in [6, 6.07) is 18.5. The SMILES string of the molecule is COC(=O)[C@@H]1O[C@H]1c1c(-c2ccccc2)cccc1-c1ccsc1. The first-order valence-electron chi connectivity index (χ1n) is 7.74.